The van der Waals surface area contributed by atoms with E-state index in [0.29, 0.717) is 18.8 Å². The quantitative estimate of drug-likeness (QED) is 0.490. The first-order valence-electron chi connectivity index (χ1n) is 11.1. The number of carbonyl (C=O) groups is 2. The van der Waals surface area contributed by atoms with Gasteiger partial charge in [-0.3, -0.25) is 9.59 Å². The number of nitrogens with one attached hydrogen (secondary N) is 1. The zero-order valence-corrected chi connectivity index (χ0v) is 20.3. The van der Waals surface area contributed by atoms with Gasteiger partial charge in [-0.2, -0.15) is 0 Å². The molecular formula is C26H36N2O2S. The standard InChI is InChI=1S/C26H36N2O2S/c1-6-7-12-27-26(30)22(5)28(16-23-10-8-19(2)9-11-23)25(29)18-31-17-24-14-20(3)13-21(4)15-24/h8-11,13-15,22H,6-7,12,16-18H2,1-5H3,(H,27,30)/t22-/m1/s1. The van der Waals surface area contributed by atoms with Crippen LogP contribution in [0.3, 0.4) is 0 Å². The van der Waals surface area contributed by atoms with Crippen molar-refractivity contribution in [1.82, 2.24) is 10.2 Å². The van der Waals surface area contributed by atoms with Crippen molar-refractivity contribution >= 4 is 23.6 Å². The van der Waals surface area contributed by atoms with Crippen molar-refractivity contribution in [3.05, 3.63) is 70.3 Å². The third kappa shape index (κ3) is 8.41. The van der Waals surface area contributed by atoms with Crippen LogP contribution in [0.5, 0.6) is 0 Å². The Morgan fingerprint density at radius 2 is 1.61 bits per heavy atom. The van der Waals surface area contributed by atoms with Gasteiger partial charge in [-0.15, -0.1) is 11.8 Å². The van der Waals surface area contributed by atoms with Crippen LogP contribution in [0.15, 0.2) is 42.5 Å². The summed E-state index contributed by atoms with van der Waals surface area (Å²) in [5.74, 6) is 1.04. The van der Waals surface area contributed by atoms with Crippen molar-refractivity contribution in [2.45, 2.75) is 65.8 Å². The zero-order valence-electron chi connectivity index (χ0n) is 19.5. The predicted octanol–water partition coefficient (Wildman–Crippen LogP) is 5.18. The van der Waals surface area contributed by atoms with Crippen LogP contribution in [0, 0.1) is 20.8 Å². The van der Waals surface area contributed by atoms with Crippen molar-refractivity contribution in [3.63, 3.8) is 0 Å². The number of hydrogen-bond donors (Lipinski definition) is 1. The molecule has 0 saturated carbocycles. The van der Waals surface area contributed by atoms with E-state index < -0.39 is 6.04 Å². The first-order chi connectivity index (χ1) is 14.8. The Hall–Kier alpha value is -2.27. The summed E-state index contributed by atoms with van der Waals surface area (Å²) in [6.45, 7) is 11.2. The van der Waals surface area contributed by atoms with E-state index in [1.165, 1.54) is 22.3 Å². The van der Waals surface area contributed by atoms with Crippen LogP contribution in [0.25, 0.3) is 0 Å². The summed E-state index contributed by atoms with van der Waals surface area (Å²) >= 11 is 1.60. The van der Waals surface area contributed by atoms with Crippen molar-refractivity contribution < 1.29 is 9.59 Å². The lowest BCUT2D eigenvalue weighted by molar-refractivity contribution is -0.138. The molecule has 31 heavy (non-hydrogen) atoms. The fourth-order valence-corrected chi connectivity index (χ4v) is 4.35. The Kier molecular flexibility index (Phi) is 10.1. The molecule has 2 amide bonds. The summed E-state index contributed by atoms with van der Waals surface area (Å²) in [5.41, 5.74) is 5.91. The number of benzene rings is 2. The normalized spacial score (nSPS) is 11.8. The van der Waals surface area contributed by atoms with Crippen LogP contribution in [0.4, 0.5) is 0 Å². The lowest BCUT2D eigenvalue weighted by atomic mass is 10.1. The molecule has 5 heteroatoms. The molecule has 0 heterocycles. The number of nitrogens with zero attached hydrogens (tertiary/aromatic N) is 1. The highest BCUT2D eigenvalue weighted by Gasteiger charge is 2.25. The maximum absolute atomic E-state index is 13.1. The maximum Gasteiger partial charge on any atom is 0.242 e. The maximum atomic E-state index is 13.1. The molecule has 0 fully saturated rings. The summed E-state index contributed by atoms with van der Waals surface area (Å²) in [5, 5.41) is 2.97. The predicted molar refractivity (Wildman–Crippen MR) is 131 cm³/mol. The van der Waals surface area contributed by atoms with Gasteiger partial charge in [0, 0.05) is 18.8 Å². The molecule has 0 unspecified atom stereocenters. The van der Waals surface area contributed by atoms with Gasteiger partial charge >= 0.3 is 0 Å². The second-order valence-corrected chi connectivity index (χ2v) is 9.30. The second kappa shape index (κ2) is 12.6. The molecule has 0 aliphatic rings. The SMILES string of the molecule is CCCCNC(=O)[C@@H](C)N(Cc1ccc(C)cc1)C(=O)CSCc1cc(C)cc(C)c1. The number of amides is 2. The first-order valence-corrected chi connectivity index (χ1v) is 12.2. The fraction of sp³-hybridized carbons (Fsp3) is 0.462. The molecule has 0 radical (unpaired) electrons. The Bertz CT molecular complexity index is 844. The number of carbonyl (C=O) groups excluding carboxylic acids is 2. The Balaban J connectivity index is 2.05. The van der Waals surface area contributed by atoms with E-state index in [0.717, 1.165) is 24.2 Å². The zero-order chi connectivity index (χ0) is 22.8. The highest BCUT2D eigenvalue weighted by atomic mass is 32.2. The highest BCUT2D eigenvalue weighted by Crippen LogP contribution is 2.18. The monoisotopic (exact) mass is 440 g/mol. The smallest absolute Gasteiger partial charge is 0.242 e. The van der Waals surface area contributed by atoms with E-state index >= 15 is 0 Å². The lowest BCUT2D eigenvalue weighted by Crippen LogP contribution is -2.48. The topological polar surface area (TPSA) is 49.4 Å². The number of thioether (sulfide) groups is 1. The summed E-state index contributed by atoms with van der Waals surface area (Å²) < 4.78 is 0. The summed E-state index contributed by atoms with van der Waals surface area (Å²) in [6, 6.07) is 14.1. The largest absolute Gasteiger partial charge is 0.354 e. The summed E-state index contributed by atoms with van der Waals surface area (Å²) in [4.78, 5) is 27.5. The average molecular weight is 441 g/mol. The third-order valence-corrected chi connectivity index (χ3v) is 6.23. The molecule has 0 aliphatic carbocycles. The van der Waals surface area contributed by atoms with Gasteiger partial charge in [0.15, 0.2) is 0 Å². The Morgan fingerprint density at radius 1 is 0.968 bits per heavy atom. The van der Waals surface area contributed by atoms with Gasteiger partial charge in [0.2, 0.25) is 11.8 Å². The molecule has 0 bridgehead atoms. The van der Waals surface area contributed by atoms with Crippen LogP contribution >= 0.6 is 11.8 Å². The third-order valence-electron chi connectivity index (χ3n) is 5.25. The number of unbranched alkanes of at least 4 members (excludes halogenated alkanes) is 1. The van der Waals surface area contributed by atoms with E-state index in [1.807, 2.05) is 38.1 Å². The van der Waals surface area contributed by atoms with E-state index in [-0.39, 0.29) is 11.8 Å². The molecule has 0 aromatic heterocycles. The van der Waals surface area contributed by atoms with Gasteiger partial charge in [0.05, 0.1) is 5.75 Å². The molecule has 168 valence electrons. The van der Waals surface area contributed by atoms with E-state index in [9.17, 15) is 9.59 Å². The van der Waals surface area contributed by atoms with E-state index in [4.69, 9.17) is 0 Å². The van der Waals surface area contributed by atoms with Gasteiger partial charge in [-0.1, -0.05) is 72.5 Å². The van der Waals surface area contributed by atoms with Gasteiger partial charge in [0.25, 0.3) is 0 Å². The lowest BCUT2D eigenvalue weighted by Gasteiger charge is -2.29. The molecule has 2 aromatic carbocycles. The van der Waals surface area contributed by atoms with Crippen LogP contribution in [0.1, 0.15) is 54.5 Å². The molecule has 2 aromatic rings. The number of aryl methyl sites for hydroxylation is 3. The van der Waals surface area contributed by atoms with E-state index in [1.54, 1.807) is 16.7 Å². The molecule has 1 atom stereocenters. The van der Waals surface area contributed by atoms with Crippen LogP contribution in [0.2, 0.25) is 0 Å². The van der Waals surface area contributed by atoms with Crippen LogP contribution in [-0.2, 0) is 21.9 Å². The van der Waals surface area contributed by atoms with Crippen molar-refractivity contribution in [2.24, 2.45) is 0 Å². The number of hydrogen-bond acceptors (Lipinski definition) is 3. The Labute approximate surface area is 191 Å². The molecule has 4 nitrogen and oxygen atoms in total. The van der Waals surface area contributed by atoms with E-state index in [2.05, 4.69) is 44.3 Å². The minimum absolute atomic E-state index is 0.00640. The van der Waals surface area contributed by atoms with Gasteiger partial charge in [-0.05, 0) is 45.2 Å². The van der Waals surface area contributed by atoms with Crippen molar-refractivity contribution in [2.75, 3.05) is 12.3 Å². The number of rotatable bonds is 11. The first kappa shape index (κ1) is 25.0. The molecule has 1 N–H and O–H groups in total. The highest BCUT2D eigenvalue weighted by molar-refractivity contribution is 7.99. The second-order valence-electron chi connectivity index (χ2n) is 8.32. The molecule has 0 spiro atoms. The summed E-state index contributed by atoms with van der Waals surface area (Å²) in [6.07, 6.45) is 1.96. The molecular weight excluding hydrogens is 404 g/mol. The van der Waals surface area contributed by atoms with Crippen molar-refractivity contribution in [3.8, 4) is 0 Å². The van der Waals surface area contributed by atoms with Crippen molar-refractivity contribution in [1.29, 1.82) is 0 Å². The average Bonchev–Trinajstić information content (AvgIpc) is 2.72. The minimum Gasteiger partial charge on any atom is -0.354 e. The minimum atomic E-state index is -0.507. The van der Waals surface area contributed by atoms with Crippen LogP contribution < -0.4 is 5.32 Å². The summed E-state index contributed by atoms with van der Waals surface area (Å²) in [7, 11) is 0. The fourth-order valence-electron chi connectivity index (χ4n) is 3.50. The Morgan fingerprint density at radius 3 is 2.23 bits per heavy atom. The molecule has 0 aliphatic heterocycles. The van der Waals surface area contributed by atoms with Gasteiger partial charge < -0.3 is 10.2 Å². The van der Waals surface area contributed by atoms with Crippen LogP contribution in [-0.4, -0.2) is 35.1 Å². The molecule has 0 saturated heterocycles. The van der Waals surface area contributed by atoms with Gasteiger partial charge in [-0.25, -0.2) is 0 Å². The molecule has 2 rings (SSSR count). The van der Waals surface area contributed by atoms with Gasteiger partial charge in [0.1, 0.15) is 6.04 Å².